The summed E-state index contributed by atoms with van der Waals surface area (Å²) in [5.74, 6) is 0.0711. The second-order valence-electron chi connectivity index (χ2n) is 5.74. The topological polar surface area (TPSA) is 46.2 Å². The molecule has 0 fully saturated rings. The number of fused-ring (bicyclic) bond motifs is 2. The highest BCUT2D eigenvalue weighted by molar-refractivity contribution is 6.07. The molecule has 3 nitrogen and oxygen atoms in total. The van der Waals surface area contributed by atoms with Gasteiger partial charge in [0.2, 0.25) is 0 Å². The zero-order valence-corrected chi connectivity index (χ0v) is 12.4. The standard InChI is InChI=1S/C20H15NO2/c22-19-11-9-17(13-5-1-3-7-15(13)19)21-18-10-12-20(23)16-8-4-2-6-14(16)18/h1-12,17-18,21H. The Kier molecular flexibility index (Phi) is 3.28. The molecule has 0 saturated heterocycles. The van der Waals surface area contributed by atoms with Crippen LogP contribution in [0.15, 0.2) is 72.8 Å². The number of nitrogens with one attached hydrogen (secondary N) is 1. The van der Waals surface area contributed by atoms with Gasteiger partial charge < -0.3 is 0 Å². The van der Waals surface area contributed by atoms with E-state index in [1.165, 1.54) is 0 Å². The summed E-state index contributed by atoms with van der Waals surface area (Å²) in [6.45, 7) is 0. The number of carbonyl (C=O) groups is 2. The average molecular weight is 301 g/mol. The molecule has 2 aromatic carbocycles. The molecule has 4 rings (SSSR count). The molecule has 2 aliphatic carbocycles. The highest BCUT2D eigenvalue weighted by atomic mass is 16.1. The van der Waals surface area contributed by atoms with E-state index in [2.05, 4.69) is 5.32 Å². The Labute approximate surface area is 134 Å². The number of hydrogen-bond acceptors (Lipinski definition) is 3. The first kappa shape index (κ1) is 13.9. The molecular weight excluding hydrogens is 286 g/mol. The molecule has 0 radical (unpaired) electrons. The predicted octanol–water partition coefficient (Wildman–Crippen LogP) is 3.56. The van der Waals surface area contributed by atoms with Crippen LogP contribution in [-0.2, 0) is 0 Å². The lowest BCUT2D eigenvalue weighted by atomic mass is 9.88. The van der Waals surface area contributed by atoms with Gasteiger partial charge >= 0.3 is 0 Å². The molecule has 2 atom stereocenters. The fourth-order valence-electron chi connectivity index (χ4n) is 3.22. The van der Waals surface area contributed by atoms with Gasteiger partial charge in [-0.05, 0) is 23.3 Å². The molecule has 0 heterocycles. The molecule has 0 spiro atoms. The first-order valence-electron chi connectivity index (χ1n) is 7.63. The van der Waals surface area contributed by atoms with Crippen molar-refractivity contribution in [2.24, 2.45) is 0 Å². The molecule has 0 amide bonds. The van der Waals surface area contributed by atoms with E-state index in [9.17, 15) is 9.59 Å². The largest absolute Gasteiger partial charge is 0.296 e. The Balaban J connectivity index is 1.69. The first-order valence-corrected chi connectivity index (χ1v) is 7.63. The van der Waals surface area contributed by atoms with Crippen molar-refractivity contribution in [1.29, 1.82) is 0 Å². The van der Waals surface area contributed by atoms with Gasteiger partial charge in [-0.1, -0.05) is 60.7 Å². The van der Waals surface area contributed by atoms with Gasteiger partial charge in [0.1, 0.15) is 0 Å². The molecular formula is C20H15NO2. The van der Waals surface area contributed by atoms with Crippen molar-refractivity contribution in [3.05, 3.63) is 95.1 Å². The Hall–Kier alpha value is -2.78. The lowest BCUT2D eigenvalue weighted by molar-refractivity contribution is 0.103. The SMILES string of the molecule is O=C1C=CC(NC2C=CC(=O)c3ccccc32)c2ccccc21. The maximum Gasteiger partial charge on any atom is 0.185 e. The molecule has 1 N–H and O–H groups in total. The van der Waals surface area contributed by atoms with E-state index in [1.54, 1.807) is 12.2 Å². The second-order valence-corrected chi connectivity index (χ2v) is 5.74. The van der Waals surface area contributed by atoms with Crippen molar-refractivity contribution in [1.82, 2.24) is 5.32 Å². The smallest absolute Gasteiger partial charge is 0.185 e. The molecule has 3 heteroatoms. The summed E-state index contributed by atoms with van der Waals surface area (Å²) in [5, 5.41) is 3.53. The van der Waals surface area contributed by atoms with Gasteiger partial charge in [0.15, 0.2) is 11.6 Å². The number of hydrogen-bond donors (Lipinski definition) is 1. The molecule has 112 valence electrons. The monoisotopic (exact) mass is 301 g/mol. The number of allylic oxidation sites excluding steroid dienone is 2. The van der Waals surface area contributed by atoms with Gasteiger partial charge in [-0.3, -0.25) is 14.9 Å². The van der Waals surface area contributed by atoms with E-state index in [0.29, 0.717) is 0 Å². The molecule has 0 aromatic heterocycles. The molecule has 0 saturated carbocycles. The summed E-state index contributed by atoms with van der Waals surface area (Å²) in [7, 11) is 0. The molecule has 2 aromatic rings. The van der Waals surface area contributed by atoms with Crippen LogP contribution >= 0.6 is 0 Å². The van der Waals surface area contributed by atoms with Gasteiger partial charge in [0.25, 0.3) is 0 Å². The van der Waals surface area contributed by atoms with Gasteiger partial charge in [-0.25, -0.2) is 0 Å². The van der Waals surface area contributed by atoms with Gasteiger partial charge in [0.05, 0.1) is 12.1 Å². The summed E-state index contributed by atoms with van der Waals surface area (Å²) in [6, 6.07) is 15.2. The van der Waals surface area contributed by atoms with Crippen molar-refractivity contribution < 1.29 is 9.59 Å². The minimum Gasteiger partial charge on any atom is -0.296 e. The molecule has 0 bridgehead atoms. The minimum absolute atomic E-state index is 0.0356. The minimum atomic E-state index is -0.0557. The summed E-state index contributed by atoms with van der Waals surface area (Å²) in [4.78, 5) is 24.0. The number of benzene rings is 2. The van der Waals surface area contributed by atoms with Crippen LogP contribution in [0.4, 0.5) is 0 Å². The molecule has 0 aliphatic heterocycles. The van der Waals surface area contributed by atoms with Crippen molar-refractivity contribution in [3.63, 3.8) is 0 Å². The number of ketones is 2. The zero-order chi connectivity index (χ0) is 15.8. The predicted molar refractivity (Wildman–Crippen MR) is 88.4 cm³/mol. The van der Waals surface area contributed by atoms with Crippen LogP contribution in [0.2, 0.25) is 0 Å². The summed E-state index contributed by atoms with van der Waals surface area (Å²) in [5.41, 5.74) is 3.42. The quantitative estimate of drug-likeness (QED) is 0.922. The summed E-state index contributed by atoms with van der Waals surface area (Å²) in [6.07, 6.45) is 7.00. The van der Waals surface area contributed by atoms with Crippen LogP contribution in [0.1, 0.15) is 43.9 Å². The van der Waals surface area contributed by atoms with Crippen LogP contribution in [0.3, 0.4) is 0 Å². The Morgan fingerprint density at radius 2 is 1.09 bits per heavy atom. The number of carbonyl (C=O) groups excluding carboxylic acids is 2. The van der Waals surface area contributed by atoms with Crippen LogP contribution in [0.25, 0.3) is 0 Å². The van der Waals surface area contributed by atoms with Crippen molar-refractivity contribution >= 4 is 11.6 Å². The van der Waals surface area contributed by atoms with Crippen molar-refractivity contribution in [3.8, 4) is 0 Å². The summed E-state index contributed by atoms with van der Waals surface area (Å²) >= 11 is 0. The van der Waals surface area contributed by atoms with E-state index in [4.69, 9.17) is 0 Å². The first-order chi connectivity index (χ1) is 11.2. The van der Waals surface area contributed by atoms with Crippen molar-refractivity contribution in [2.75, 3.05) is 0 Å². The maximum atomic E-state index is 12.0. The van der Waals surface area contributed by atoms with E-state index in [-0.39, 0.29) is 23.7 Å². The van der Waals surface area contributed by atoms with E-state index in [0.717, 1.165) is 22.3 Å². The molecule has 23 heavy (non-hydrogen) atoms. The Bertz CT molecular complexity index is 792. The normalized spacial score (nSPS) is 21.9. The lowest BCUT2D eigenvalue weighted by Gasteiger charge is -2.28. The number of rotatable bonds is 2. The Morgan fingerprint density at radius 3 is 1.57 bits per heavy atom. The zero-order valence-electron chi connectivity index (χ0n) is 12.4. The van der Waals surface area contributed by atoms with E-state index >= 15 is 0 Å². The Morgan fingerprint density at radius 1 is 0.652 bits per heavy atom. The lowest BCUT2D eigenvalue weighted by Crippen LogP contribution is -2.29. The third-order valence-corrected chi connectivity index (χ3v) is 4.36. The third kappa shape index (κ3) is 2.35. The van der Waals surface area contributed by atoms with E-state index < -0.39 is 0 Å². The van der Waals surface area contributed by atoms with Crippen LogP contribution in [0.5, 0.6) is 0 Å². The fraction of sp³-hybridized carbons (Fsp3) is 0.100. The van der Waals surface area contributed by atoms with Gasteiger partial charge in [-0.2, -0.15) is 0 Å². The molecule has 2 aliphatic rings. The van der Waals surface area contributed by atoms with Gasteiger partial charge in [-0.15, -0.1) is 0 Å². The average Bonchev–Trinajstić information content (AvgIpc) is 2.60. The second kappa shape index (κ2) is 5.45. The van der Waals surface area contributed by atoms with E-state index in [1.807, 2.05) is 60.7 Å². The van der Waals surface area contributed by atoms with Gasteiger partial charge in [0, 0.05) is 11.1 Å². The highest BCUT2D eigenvalue weighted by Crippen LogP contribution is 2.31. The molecule has 2 unspecified atom stereocenters. The van der Waals surface area contributed by atoms with Crippen molar-refractivity contribution in [2.45, 2.75) is 12.1 Å². The summed E-state index contributed by atoms with van der Waals surface area (Å²) < 4.78 is 0. The van der Waals surface area contributed by atoms with Crippen LogP contribution in [0, 0.1) is 0 Å². The highest BCUT2D eigenvalue weighted by Gasteiger charge is 2.26. The van der Waals surface area contributed by atoms with Crippen LogP contribution < -0.4 is 5.32 Å². The third-order valence-electron chi connectivity index (χ3n) is 4.36. The fourth-order valence-corrected chi connectivity index (χ4v) is 3.22. The van der Waals surface area contributed by atoms with Crippen LogP contribution in [-0.4, -0.2) is 11.6 Å². The maximum absolute atomic E-state index is 12.0.